The molecule has 0 atom stereocenters. The molecule has 18 heavy (non-hydrogen) atoms. The van der Waals surface area contributed by atoms with E-state index in [2.05, 4.69) is 24.3 Å². The summed E-state index contributed by atoms with van der Waals surface area (Å²) in [7, 11) is 1.82. The molecular weight excluding hydrogens is 246 g/mol. The van der Waals surface area contributed by atoms with Gasteiger partial charge in [0, 0.05) is 18.0 Å². The Morgan fingerprint density at radius 3 is 2.67 bits per heavy atom. The average molecular weight is 263 g/mol. The zero-order valence-electron chi connectivity index (χ0n) is 11.1. The van der Waals surface area contributed by atoms with E-state index in [9.17, 15) is 4.79 Å². The molecule has 1 amide bonds. The monoisotopic (exact) mass is 263 g/mol. The van der Waals surface area contributed by atoms with Gasteiger partial charge in [-0.05, 0) is 31.9 Å². The minimum absolute atomic E-state index is 0.0641. The summed E-state index contributed by atoms with van der Waals surface area (Å²) in [4.78, 5) is 14.1. The van der Waals surface area contributed by atoms with Gasteiger partial charge in [0.15, 0.2) is 0 Å². The molecule has 2 heterocycles. The number of anilines is 1. The Hall–Kier alpha value is -1.62. The summed E-state index contributed by atoms with van der Waals surface area (Å²) in [5.41, 5.74) is 2.13. The molecule has 5 heteroatoms. The number of rotatable bonds is 3. The third-order valence-electron chi connectivity index (χ3n) is 2.87. The highest BCUT2D eigenvalue weighted by Gasteiger charge is 2.13. The van der Waals surface area contributed by atoms with Gasteiger partial charge in [-0.15, -0.1) is 11.3 Å². The van der Waals surface area contributed by atoms with Gasteiger partial charge < -0.3 is 5.32 Å². The van der Waals surface area contributed by atoms with Gasteiger partial charge in [-0.25, -0.2) is 0 Å². The molecule has 1 N–H and O–H groups in total. The van der Waals surface area contributed by atoms with E-state index in [-0.39, 0.29) is 5.91 Å². The molecule has 0 saturated heterocycles. The molecule has 96 valence electrons. The fraction of sp³-hybridized carbons (Fsp3) is 0.385. The number of amides is 1. The Labute approximate surface area is 111 Å². The van der Waals surface area contributed by atoms with Gasteiger partial charge in [0.1, 0.15) is 5.82 Å². The molecule has 0 bridgehead atoms. The van der Waals surface area contributed by atoms with Crippen LogP contribution in [0.3, 0.4) is 0 Å². The lowest BCUT2D eigenvalue weighted by atomic mass is 10.2. The van der Waals surface area contributed by atoms with E-state index in [1.807, 2.05) is 26.1 Å². The van der Waals surface area contributed by atoms with Gasteiger partial charge in [0.2, 0.25) is 0 Å². The van der Waals surface area contributed by atoms with Gasteiger partial charge in [-0.1, -0.05) is 6.92 Å². The van der Waals surface area contributed by atoms with Gasteiger partial charge in [0.25, 0.3) is 5.91 Å². The predicted octanol–water partition coefficient (Wildman–Crippen LogP) is 2.91. The molecule has 0 saturated carbocycles. The van der Waals surface area contributed by atoms with E-state index in [0.717, 1.165) is 22.8 Å². The Bertz CT molecular complexity index is 583. The van der Waals surface area contributed by atoms with Gasteiger partial charge >= 0.3 is 0 Å². The number of carbonyl (C=O) groups is 1. The zero-order valence-corrected chi connectivity index (χ0v) is 11.9. The maximum absolute atomic E-state index is 12.1. The lowest BCUT2D eigenvalue weighted by Gasteiger charge is -2.02. The number of thiophene rings is 1. The highest BCUT2D eigenvalue weighted by atomic mass is 32.1. The van der Waals surface area contributed by atoms with E-state index >= 15 is 0 Å². The third-order valence-corrected chi connectivity index (χ3v) is 3.96. The number of hydrogen-bond acceptors (Lipinski definition) is 3. The fourth-order valence-corrected chi connectivity index (χ4v) is 2.90. The van der Waals surface area contributed by atoms with Crippen LogP contribution in [0.15, 0.2) is 12.1 Å². The number of nitrogens with one attached hydrogen (secondary N) is 1. The van der Waals surface area contributed by atoms with Crippen LogP contribution >= 0.6 is 11.3 Å². The van der Waals surface area contributed by atoms with Crippen molar-refractivity contribution in [1.29, 1.82) is 0 Å². The van der Waals surface area contributed by atoms with Crippen molar-refractivity contribution < 1.29 is 4.79 Å². The van der Waals surface area contributed by atoms with Crippen LogP contribution in [0.2, 0.25) is 0 Å². The molecule has 0 spiro atoms. The van der Waals surface area contributed by atoms with Crippen LogP contribution in [0, 0.1) is 13.8 Å². The van der Waals surface area contributed by atoms with E-state index in [0.29, 0.717) is 0 Å². The van der Waals surface area contributed by atoms with Crippen LogP contribution in [-0.2, 0) is 13.5 Å². The summed E-state index contributed by atoms with van der Waals surface area (Å²) in [6.45, 7) is 6.05. The second kappa shape index (κ2) is 4.94. The Kier molecular flexibility index (Phi) is 3.52. The SMILES string of the molecule is CCc1cc(C(=O)Nc2cc(C)nn2C)sc1C. The van der Waals surface area contributed by atoms with E-state index in [4.69, 9.17) is 0 Å². The Morgan fingerprint density at radius 2 is 2.17 bits per heavy atom. The molecule has 0 unspecified atom stereocenters. The van der Waals surface area contributed by atoms with Crippen molar-refractivity contribution in [2.45, 2.75) is 27.2 Å². The van der Waals surface area contributed by atoms with Crippen LogP contribution in [0.1, 0.15) is 32.7 Å². The molecule has 0 aliphatic carbocycles. The maximum Gasteiger partial charge on any atom is 0.266 e. The minimum Gasteiger partial charge on any atom is -0.306 e. The first kappa shape index (κ1) is 12.8. The van der Waals surface area contributed by atoms with Gasteiger partial charge in [0.05, 0.1) is 10.6 Å². The van der Waals surface area contributed by atoms with E-state index < -0.39 is 0 Å². The topological polar surface area (TPSA) is 46.9 Å². The second-order valence-electron chi connectivity index (χ2n) is 4.29. The lowest BCUT2D eigenvalue weighted by Crippen LogP contribution is -2.13. The summed E-state index contributed by atoms with van der Waals surface area (Å²) in [6.07, 6.45) is 0.959. The van der Waals surface area contributed by atoms with Crippen molar-refractivity contribution in [1.82, 2.24) is 9.78 Å². The zero-order chi connectivity index (χ0) is 13.3. The summed E-state index contributed by atoms with van der Waals surface area (Å²) in [5, 5.41) is 7.09. The molecule has 0 fully saturated rings. The number of aromatic nitrogens is 2. The fourth-order valence-electron chi connectivity index (χ4n) is 1.89. The van der Waals surface area contributed by atoms with Crippen molar-refractivity contribution >= 4 is 23.1 Å². The van der Waals surface area contributed by atoms with Crippen molar-refractivity contribution in [3.8, 4) is 0 Å². The second-order valence-corrected chi connectivity index (χ2v) is 5.55. The molecule has 2 rings (SSSR count). The number of hydrogen-bond donors (Lipinski definition) is 1. The first-order valence-corrected chi connectivity index (χ1v) is 6.74. The van der Waals surface area contributed by atoms with Crippen LogP contribution in [0.4, 0.5) is 5.82 Å². The lowest BCUT2D eigenvalue weighted by molar-refractivity contribution is 0.102. The van der Waals surface area contributed by atoms with Crippen LogP contribution in [-0.4, -0.2) is 15.7 Å². The normalized spacial score (nSPS) is 10.7. The molecule has 0 radical (unpaired) electrons. The molecule has 0 aromatic carbocycles. The molecular formula is C13H17N3OS. The summed E-state index contributed by atoms with van der Waals surface area (Å²) in [6, 6.07) is 3.83. The smallest absolute Gasteiger partial charge is 0.266 e. The van der Waals surface area contributed by atoms with E-state index in [1.165, 1.54) is 21.8 Å². The number of nitrogens with zero attached hydrogens (tertiary/aromatic N) is 2. The third kappa shape index (κ3) is 2.46. The Morgan fingerprint density at radius 1 is 1.44 bits per heavy atom. The van der Waals surface area contributed by atoms with Crippen LogP contribution < -0.4 is 5.32 Å². The van der Waals surface area contributed by atoms with Crippen molar-refractivity contribution in [2.24, 2.45) is 7.05 Å². The largest absolute Gasteiger partial charge is 0.306 e. The number of aryl methyl sites for hydroxylation is 4. The summed E-state index contributed by atoms with van der Waals surface area (Å²) < 4.78 is 1.68. The molecule has 4 nitrogen and oxygen atoms in total. The average Bonchev–Trinajstić information content (AvgIpc) is 2.82. The van der Waals surface area contributed by atoms with Crippen molar-refractivity contribution in [2.75, 3.05) is 5.32 Å². The van der Waals surface area contributed by atoms with Crippen molar-refractivity contribution in [3.63, 3.8) is 0 Å². The Balaban J connectivity index is 2.19. The first-order chi connectivity index (χ1) is 8.51. The van der Waals surface area contributed by atoms with E-state index in [1.54, 1.807) is 4.68 Å². The highest BCUT2D eigenvalue weighted by Crippen LogP contribution is 2.23. The molecule has 0 aliphatic heterocycles. The molecule has 2 aromatic rings. The predicted molar refractivity (Wildman–Crippen MR) is 74.3 cm³/mol. The highest BCUT2D eigenvalue weighted by molar-refractivity contribution is 7.14. The minimum atomic E-state index is -0.0641. The first-order valence-electron chi connectivity index (χ1n) is 5.92. The van der Waals surface area contributed by atoms with Crippen LogP contribution in [0.25, 0.3) is 0 Å². The summed E-state index contributed by atoms with van der Waals surface area (Å²) in [5.74, 6) is 0.660. The maximum atomic E-state index is 12.1. The standard InChI is InChI=1S/C13H17N3OS/c1-5-10-7-11(18-9(10)3)13(17)14-12-6-8(2)15-16(12)4/h6-7H,5H2,1-4H3,(H,14,17). The summed E-state index contributed by atoms with van der Waals surface area (Å²) >= 11 is 1.54. The van der Waals surface area contributed by atoms with Gasteiger partial charge in [-0.3, -0.25) is 9.48 Å². The number of carbonyl (C=O) groups excluding carboxylic acids is 1. The van der Waals surface area contributed by atoms with Crippen LogP contribution in [0.5, 0.6) is 0 Å². The van der Waals surface area contributed by atoms with Gasteiger partial charge in [-0.2, -0.15) is 5.10 Å². The van der Waals surface area contributed by atoms with Crippen molar-refractivity contribution in [3.05, 3.63) is 33.1 Å². The molecule has 0 aliphatic rings. The quantitative estimate of drug-likeness (QED) is 0.925. The molecule has 2 aromatic heterocycles.